The lowest BCUT2D eigenvalue weighted by Gasteiger charge is -2.39. The number of amides is 2. The van der Waals surface area contributed by atoms with Crippen LogP contribution in [0, 0.1) is 5.92 Å². The van der Waals surface area contributed by atoms with Crippen LogP contribution < -0.4 is 10.9 Å². The molecule has 3 aromatic carbocycles. The van der Waals surface area contributed by atoms with Crippen molar-refractivity contribution in [3.8, 4) is 0 Å². The second kappa shape index (κ2) is 15.6. The first-order valence-corrected chi connectivity index (χ1v) is 19.1. The number of benzene rings is 3. The highest BCUT2D eigenvalue weighted by molar-refractivity contribution is 7.89. The minimum Gasteiger partial charge on any atom is -0.465 e. The topological polar surface area (TPSA) is 160 Å². The fourth-order valence-corrected chi connectivity index (χ4v) is 9.68. The molecule has 2 aromatic heterocycles. The largest absolute Gasteiger partial charge is 0.465 e. The van der Waals surface area contributed by atoms with Crippen molar-refractivity contribution in [1.29, 1.82) is 0 Å². The molecule has 1 aliphatic carbocycles. The number of aliphatic hydroxyl groups is 1. The van der Waals surface area contributed by atoms with Crippen LogP contribution in [0.3, 0.4) is 0 Å². The van der Waals surface area contributed by atoms with Gasteiger partial charge in [0, 0.05) is 53.7 Å². The van der Waals surface area contributed by atoms with Crippen LogP contribution in [0.4, 0.5) is 13.6 Å². The normalized spacial score (nSPS) is 15.6. The maximum absolute atomic E-state index is 14.2. The molecule has 11 nitrogen and oxygen atoms in total. The third-order valence-electron chi connectivity index (χ3n) is 9.55. The molecule has 0 bridgehead atoms. The molecular weight excluding hydrogens is 727 g/mol. The number of nitrogens with zero attached hydrogens (tertiary/aromatic N) is 2. The summed E-state index contributed by atoms with van der Waals surface area (Å²) in [7, 11) is -3.05. The lowest BCUT2D eigenvalue weighted by atomic mass is 9.81. The van der Waals surface area contributed by atoms with Crippen LogP contribution >= 0.6 is 11.3 Å². The SMILES string of the molecule is CN(C(=O)O)[C@H](C(=O)NCc1ccc([C@@H](CO)N(CC2CC(F)(F)C2)S(=O)(=O)c2ccc3c(=O)[nH]ccc3c2)s1)C(c1ccccc1)c1ccccc1. The van der Waals surface area contributed by atoms with Crippen molar-refractivity contribution in [3.63, 3.8) is 0 Å². The second-order valence-corrected chi connectivity index (χ2v) is 16.2. The van der Waals surface area contributed by atoms with Crippen molar-refractivity contribution in [2.24, 2.45) is 5.92 Å². The van der Waals surface area contributed by atoms with Gasteiger partial charge in [-0.3, -0.25) is 14.5 Å². The molecule has 2 atom stereocenters. The zero-order chi connectivity index (χ0) is 37.9. The van der Waals surface area contributed by atoms with E-state index in [0.717, 1.165) is 31.7 Å². The summed E-state index contributed by atoms with van der Waals surface area (Å²) in [5.74, 6) is -4.77. The molecule has 2 amide bonds. The van der Waals surface area contributed by atoms with Gasteiger partial charge in [0.15, 0.2) is 0 Å². The van der Waals surface area contributed by atoms with Crippen LogP contribution in [0.15, 0.2) is 113 Å². The summed E-state index contributed by atoms with van der Waals surface area (Å²) in [5, 5.41) is 24.1. The van der Waals surface area contributed by atoms with E-state index in [1.54, 1.807) is 18.2 Å². The molecule has 1 saturated carbocycles. The third-order valence-corrected chi connectivity index (χ3v) is 12.6. The van der Waals surface area contributed by atoms with Gasteiger partial charge < -0.3 is 20.5 Å². The molecule has 5 aromatic rings. The van der Waals surface area contributed by atoms with Gasteiger partial charge in [0.25, 0.3) is 5.56 Å². The highest BCUT2D eigenvalue weighted by Gasteiger charge is 2.48. The molecule has 53 heavy (non-hydrogen) atoms. The van der Waals surface area contributed by atoms with Crippen molar-refractivity contribution in [1.82, 2.24) is 19.5 Å². The number of H-pyrrole nitrogens is 1. The molecule has 1 fully saturated rings. The quantitative estimate of drug-likeness (QED) is 0.112. The summed E-state index contributed by atoms with van der Waals surface area (Å²) in [6.45, 7) is -0.976. The number of aromatic nitrogens is 1. The van der Waals surface area contributed by atoms with E-state index in [2.05, 4.69) is 10.3 Å². The monoisotopic (exact) mass is 764 g/mol. The number of alkyl halides is 2. The Morgan fingerprint density at radius 2 is 1.62 bits per heavy atom. The number of rotatable bonds is 14. The number of halogens is 2. The summed E-state index contributed by atoms with van der Waals surface area (Å²) in [5.41, 5.74) is 1.07. The van der Waals surface area contributed by atoms with Crippen molar-refractivity contribution >= 4 is 44.1 Å². The number of fused-ring (bicyclic) bond motifs is 1. The van der Waals surface area contributed by atoms with Gasteiger partial charge >= 0.3 is 6.09 Å². The fourth-order valence-electron chi connectivity index (χ4n) is 6.85. The number of aliphatic hydroxyl groups excluding tert-OH is 1. The standard InChI is InChI=1S/C38H38F2N4O7S2/c1-43(37(48)49)34(33(25-8-4-2-5-9-25)26-10-6-3-7-11-26)36(47)42-21-28-12-15-32(52-28)31(23-45)44(22-24-19-38(39,40)20-24)53(50,51)29-13-14-30-27(18-29)16-17-41-35(30)46/h2-18,24,31,33-34,45H,19-23H2,1H3,(H,41,46)(H,42,47)(H,48,49)/t31-,34+/m1/s1. The van der Waals surface area contributed by atoms with Crippen molar-refractivity contribution in [2.75, 3.05) is 20.2 Å². The Kier molecular flexibility index (Phi) is 11.1. The van der Waals surface area contributed by atoms with Gasteiger partial charge in [0.05, 0.1) is 24.1 Å². The first-order chi connectivity index (χ1) is 25.3. The zero-order valence-corrected chi connectivity index (χ0v) is 30.2. The van der Waals surface area contributed by atoms with E-state index in [9.17, 15) is 41.8 Å². The minimum absolute atomic E-state index is 0.0390. The lowest BCUT2D eigenvalue weighted by molar-refractivity contribution is -0.126. The van der Waals surface area contributed by atoms with Gasteiger partial charge in [0.2, 0.25) is 21.9 Å². The van der Waals surface area contributed by atoms with E-state index in [4.69, 9.17) is 0 Å². The second-order valence-electron chi connectivity index (χ2n) is 13.1. The van der Waals surface area contributed by atoms with E-state index in [1.807, 2.05) is 60.7 Å². The molecule has 0 unspecified atom stereocenters. The van der Waals surface area contributed by atoms with Crippen LogP contribution in [0.25, 0.3) is 10.8 Å². The molecule has 0 spiro atoms. The predicted molar refractivity (Wildman–Crippen MR) is 196 cm³/mol. The lowest BCUT2D eigenvalue weighted by Crippen LogP contribution is -2.50. The molecule has 0 saturated heterocycles. The van der Waals surface area contributed by atoms with Crippen molar-refractivity contribution in [2.45, 2.75) is 48.2 Å². The highest BCUT2D eigenvalue weighted by atomic mass is 32.2. The number of nitrogens with one attached hydrogen (secondary N) is 2. The Bertz CT molecular complexity index is 2200. The van der Waals surface area contributed by atoms with E-state index in [-0.39, 0.29) is 23.4 Å². The smallest absolute Gasteiger partial charge is 0.407 e. The number of carbonyl (C=O) groups is 2. The molecule has 0 radical (unpaired) electrons. The zero-order valence-electron chi connectivity index (χ0n) is 28.6. The molecule has 278 valence electrons. The Labute approximate surface area is 308 Å². The minimum atomic E-state index is -4.39. The first-order valence-electron chi connectivity index (χ1n) is 16.8. The van der Waals surface area contributed by atoms with Crippen molar-refractivity contribution < 1.29 is 37.0 Å². The summed E-state index contributed by atoms with van der Waals surface area (Å²) in [6, 6.07) is 24.7. The number of hydrogen-bond acceptors (Lipinski definition) is 7. The van der Waals surface area contributed by atoms with Crippen LogP contribution in [0.1, 0.15) is 45.7 Å². The van der Waals surface area contributed by atoms with E-state index in [1.165, 1.54) is 31.4 Å². The number of pyridine rings is 1. The fraction of sp³-hybridized carbons (Fsp3) is 0.289. The number of likely N-dealkylation sites (N-methyl/N-ethyl adjacent to an activating group) is 1. The van der Waals surface area contributed by atoms with E-state index in [0.29, 0.717) is 15.1 Å². The van der Waals surface area contributed by atoms with Gasteiger partial charge in [-0.15, -0.1) is 11.3 Å². The molecule has 0 aliphatic heterocycles. The molecule has 1 aliphatic rings. The maximum Gasteiger partial charge on any atom is 0.407 e. The summed E-state index contributed by atoms with van der Waals surface area (Å²) in [6.07, 6.45) is -0.895. The first kappa shape index (κ1) is 37.8. The predicted octanol–water partition coefficient (Wildman–Crippen LogP) is 5.79. The molecule has 4 N–H and O–H groups in total. The summed E-state index contributed by atoms with van der Waals surface area (Å²) < 4.78 is 57.3. The maximum atomic E-state index is 14.2. The van der Waals surface area contributed by atoms with Gasteiger partial charge in [-0.1, -0.05) is 60.7 Å². The summed E-state index contributed by atoms with van der Waals surface area (Å²) in [4.78, 5) is 42.8. The Morgan fingerprint density at radius 3 is 2.21 bits per heavy atom. The number of carbonyl (C=O) groups excluding carboxylic acids is 1. The van der Waals surface area contributed by atoms with E-state index >= 15 is 0 Å². The Hall–Kier alpha value is -4.96. The average molecular weight is 765 g/mol. The van der Waals surface area contributed by atoms with Crippen molar-refractivity contribution in [3.05, 3.63) is 134 Å². The van der Waals surface area contributed by atoms with Crippen LogP contribution in [-0.2, 0) is 21.4 Å². The number of carboxylic acid groups (broad SMARTS) is 1. The van der Waals surface area contributed by atoms with E-state index < -0.39 is 76.9 Å². The number of sulfonamides is 1. The van der Waals surface area contributed by atoms with Crippen LogP contribution in [-0.4, -0.2) is 77.0 Å². The third kappa shape index (κ3) is 8.18. The number of aromatic amines is 1. The molecule has 6 rings (SSSR count). The highest BCUT2D eigenvalue weighted by Crippen LogP contribution is 2.45. The van der Waals surface area contributed by atoms with Crippen LogP contribution in [0.5, 0.6) is 0 Å². The molecular formula is C38H38F2N4O7S2. The van der Waals surface area contributed by atoms with Gasteiger partial charge in [-0.2, -0.15) is 4.31 Å². The van der Waals surface area contributed by atoms with Gasteiger partial charge in [0.1, 0.15) is 6.04 Å². The van der Waals surface area contributed by atoms with Crippen LogP contribution in [0.2, 0.25) is 0 Å². The van der Waals surface area contributed by atoms with Gasteiger partial charge in [-0.05, 0) is 58.8 Å². The Balaban J connectivity index is 1.27. The molecule has 15 heteroatoms. The Morgan fingerprint density at radius 1 is 0.981 bits per heavy atom. The average Bonchev–Trinajstić information content (AvgIpc) is 3.61. The number of hydrogen-bond donors (Lipinski definition) is 4. The molecule has 2 heterocycles. The summed E-state index contributed by atoms with van der Waals surface area (Å²) >= 11 is 1.13. The number of thiophene rings is 1. The van der Waals surface area contributed by atoms with Gasteiger partial charge in [-0.25, -0.2) is 22.0 Å².